The number of halogens is 1. The number of benzene rings is 2. The van der Waals surface area contributed by atoms with E-state index in [9.17, 15) is 18.0 Å². The monoisotopic (exact) mass is 479 g/mol. The molecule has 0 unspecified atom stereocenters. The SMILES string of the molecule is CC(C)(C)NC(=O)c1ccccc1NC(=O)[C@H]1CCN(S(C)(=O)=O)c2cc(Cl)ccc2O1. The smallest absolute Gasteiger partial charge is 0.265 e. The Morgan fingerprint density at radius 3 is 2.50 bits per heavy atom. The fourth-order valence-corrected chi connectivity index (χ4v) is 4.40. The number of nitrogens with one attached hydrogen (secondary N) is 2. The van der Waals surface area contributed by atoms with Gasteiger partial charge in [0.15, 0.2) is 6.10 Å². The third-order valence-electron chi connectivity index (χ3n) is 4.66. The lowest BCUT2D eigenvalue weighted by molar-refractivity contribution is -0.122. The summed E-state index contributed by atoms with van der Waals surface area (Å²) in [5.74, 6) is -0.577. The summed E-state index contributed by atoms with van der Waals surface area (Å²) < 4.78 is 31.6. The average Bonchev–Trinajstić information content (AvgIpc) is 2.86. The minimum Gasteiger partial charge on any atom is -0.478 e. The van der Waals surface area contributed by atoms with E-state index in [4.69, 9.17) is 16.3 Å². The predicted molar refractivity (Wildman–Crippen MR) is 125 cm³/mol. The zero-order valence-corrected chi connectivity index (χ0v) is 19.9. The maximum atomic E-state index is 13.1. The van der Waals surface area contributed by atoms with E-state index >= 15 is 0 Å². The molecule has 2 aromatic carbocycles. The quantitative estimate of drug-likeness (QED) is 0.699. The summed E-state index contributed by atoms with van der Waals surface area (Å²) in [6, 6.07) is 11.2. The predicted octanol–water partition coefficient (Wildman–Crippen LogP) is 3.42. The highest BCUT2D eigenvalue weighted by atomic mass is 35.5. The number of fused-ring (bicyclic) bond motifs is 1. The second-order valence-electron chi connectivity index (χ2n) is 8.58. The van der Waals surface area contributed by atoms with Crippen LogP contribution in [-0.2, 0) is 14.8 Å². The molecule has 1 atom stereocenters. The normalized spacial score (nSPS) is 16.4. The largest absolute Gasteiger partial charge is 0.478 e. The highest BCUT2D eigenvalue weighted by molar-refractivity contribution is 7.92. The van der Waals surface area contributed by atoms with Gasteiger partial charge in [0, 0.05) is 23.5 Å². The lowest BCUT2D eigenvalue weighted by atomic mass is 10.1. The molecule has 32 heavy (non-hydrogen) atoms. The molecular formula is C22H26ClN3O5S. The molecule has 2 aromatic rings. The Hall–Kier alpha value is -2.78. The highest BCUT2D eigenvalue weighted by Gasteiger charge is 2.32. The third kappa shape index (κ3) is 5.72. The molecule has 2 N–H and O–H groups in total. The van der Waals surface area contributed by atoms with Crippen molar-refractivity contribution in [1.29, 1.82) is 0 Å². The van der Waals surface area contributed by atoms with Gasteiger partial charge in [0.1, 0.15) is 5.75 Å². The van der Waals surface area contributed by atoms with Crippen LogP contribution in [0.2, 0.25) is 5.02 Å². The molecule has 1 heterocycles. The second-order valence-corrected chi connectivity index (χ2v) is 10.9. The molecule has 0 spiro atoms. The molecule has 0 radical (unpaired) electrons. The van der Waals surface area contributed by atoms with E-state index in [0.29, 0.717) is 16.3 Å². The van der Waals surface area contributed by atoms with Crippen molar-refractivity contribution in [2.24, 2.45) is 0 Å². The van der Waals surface area contributed by atoms with Gasteiger partial charge >= 0.3 is 0 Å². The number of sulfonamides is 1. The number of rotatable bonds is 4. The van der Waals surface area contributed by atoms with Crippen LogP contribution in [0.5, 0.6) is 5.75 Å². The zero-order valence-electron chi connectivity index (χ0n) is 18.3. The van der Waals surface area contributed by atoms with Crippen LogP contribution in [-0.4, -0.2) is 44.7 Å². The van der Waals surface area contributed by atoms with Gasteiger partial charge in [-0.2, -0.15) is 0 Å². The average molecular weight is 480 g/mol. The van der Waals surface area contributed by atoms with Gasteiger partial charge in [-0.1, -0.05) is 23.7 Å². The van der Waals surface area contributed by atoms with E-state index in [-0.39, 0.29) is 30.3 Å². The van der Waals surface area contributed by atoms with Crippen molar-refractivity contribution in [1.82, 2.24) is 5.32 Å². The number of amides is 2. The summed E-state index contributed by atoms with van der Waals surface area (Å²) in [4.78, 5) is 25.7. The van der Waals surface area contributed by atoms with Crippen LogP contribution >= 0.6 is 11.6 Å². The van der Waals surface area contributed by atoms with Crippen LogP contribution in [0.3, 0.4) is 0 Å². The highest BCUT2D eigenvalue weighted by Crippen LogP contribution is 2.36. The van der Waals surface area contributed by atoms with Crippen molar-refractivity contribution in [2.75, 3.05) is 22.4 Å². The molecule has 3 rings (SSSR count). The molecule has 8 nitrogen and oxygen atoms in total. The molecule has 10 heteroatoms. The van der Waals surface area contributed by atoms with E-state index in [0.717, 1.165) is 6.26 Å². The van der Waals surface area contributed by atoms with Crippen molar-refractivity contribution < 1.29 is 22.7 Å². The molecular weight excluding hydrogens is 454 g/mol. The van der Waals surface area contributed by atoms with E-state index in [2.05, 4.69) is 10.6 Å². The van der Waals surface area contributed by atoms with Crippen molar-refractivity contribution in [2.45, 2.75) is 38.8 Å². The molecule has 0 saturated heterocycles. The Labute approximate surface area is 192 Å². The van der Waals surface area contributed by atoms with Crippen LogP contribution in [0.15, 0.2) is 42.5 Å². The Bertz CT molecular complexity index is 1140. The lowest BCUT2D eigenvalue weighted by Crippen LogP contribution is -2.41. The summed E-state index contributed by atoms with van der Waals surface area (Å²) >= 11 is 6.05. The van der Waals surface area contributed by atoms with Crippen LogP contribution in [0.25, 0.3) is 0 Å². The summed E-state index contributed by atoms with van der Waals surface area (Å²) in [6.45, 7) is 5.63. The number of hydrogen-bond donors (Lipinski definition) is 2. The first-order valence-corrected chi connectivity index (χ1v) is 12.2. The third-order valence-corrected chi connectivity index (χ3v) is 6.08. The minimum atomic E-state index is -3.61. The van der Waals surface area contributed by atoms with E-state index < -0.39 is 27.6 Å². The summed E-state index contributed by atoms with van der Waals surface area (Å²) in [6.07, 6.45) is 0.226. The van der Waals surface area contributed by atoms with E-state index in [1.165, 1.54) is 16.4 Å². The number of carbonyl (C=O) groups is 2. The molecule has 1 aliphatic rings. The molecule has 1 aliphatic heterocycles. The molecule has 2 amide bonds. The standard InChI is InChI=1S/C22H26ClN3O5S/c1-22(2,3)25-20(27)15-7-5-6-8-16(15)24-21(28)19-11-12-26(32(4,29)30)17-13-14(23)9-10-18(17)31-19/h5-10,13,19H,11-12H2,1-4H3,(H,24,28)(H,25,27)/t19-/m1/s1. The fourth-order valence-electron chi connectivity index (χ4n) is 3.29. The summed E-state index contributed by atoms with van der Waals surface area (Å²) in [5.41, 5.74) is 0.483. The Morgan fingerprint density at radius 2 is 1.84 bits per heavy atom. The van der Waals surface area contributed by atoms with Crippen molar-refractivity contribution >= 4 is 44.8 Å². The first-order chi connectivity index (χ1) is 14.8. The van der Waals surface area contributed by atoms with Gasteiger partial charge in [-0.15, -0.1) is 0 Å². The fraction of sp³-hybridized carbons (Fsp3) is 0.364. The van der Waals surface area contributed by atoms with Gasteiger partial charge in [0.05, 0.1) is 23.2 Å². The number of ether oxygens (including phenoxy) is 1. The second kappa shape index (κ2) is 8.99. The van der Waals surface area contributed by atoms with E-state index in [1.54, 1.807) is 30.3 Å². The Balaban J connectivity index is 1.86. The van der Waals surface area contributed by atoms with Crippen LogP contribution in [0, 0.1) is 0 Å². The molecule has 0 aliphatic carbocycles. The number of nitrogens with zero attached hydrogens (tertiary/aromatic N) is 1. The Kier molecular flexibility index (Phi) is 6.71. The molecule has 0 fully saturated rings. The zero-order chi connectivity index (χ0) is 23.7. The lowest BCUT2D eigenvalue weighted by Gasteiger charge is -2.22. The van der Waals surface area contributed by atoms with Crippen LogP contribution in [0.4, 0.5) is 11.4 Å². The number of anilines is 2. The van der Waals surface area contributed by atoms with Gasteiger partial charge in [0.2, 0.25) is 10.0 Å². The van der Waals surface area contributed by atoms with Crippen molar-refractivity contribution in [3.8, 4) is 5.75 Å². The molecule has 0 saturated carbocycles. The number of hydrogen-bond acceptors (Lipinski definition) is 5. The van der Waals surface area contributed by atoms with Crippen LogP contribution < -0.4 is 19.7 Å². The molecule has 172 valence electrons. The van der Waals surface area contributed by atoms with E-state index in [1.807, 2.05) is 20.8 Å². The minimum absolute atomic E-state index is 0.0381. The van der Waals surface area contributed by atoms with Gasteiger partial charge in [-0.3, -0.25) is 13.9 Å². The maximum Gasteiger partial charge on any atom is 0.265 e. The van der Waals surface area contributed by atoms with Gasteiger partial charge < -0.3 is 15.4 Å². The van der Waals surface area contributed by atoms with Gasteiger partial charge in [-0.05, 0) is 51.1 Å². The number of carbonyl (C=O) groups excluding carboxylic acids is 2. The van der Waals surface area contributed by atoms with Gasteiger partial charge in [0.25, 0.3) is 11.8 Å². The summed E-state index contributed by atoms with van der Waals surface area (Å²) in [5, 5.41) is 5.97. The Morgan fingerprint density at radius 1 is 1.16 bits per heavy atom. The maximum absolute atomic E-state index is 13.1. The van der Waals surface area contributed by atoms with Crippen molar-refractivity contribution in [3.05, 3.63) is 53.1 Å². The molecule has 0 aromatic heterocycles. The van der Waals surface area contributed by atoms with Gasteiger partial charge in [-0.25, -0.2) is 8.42 Å². The first kappa shape index (κ1) is 23.9. The summed E-state index contributed by atoms with van der Waals surface area (Å²) in [7, 11) is -3.61. The van der Waals surface area contributed by atoms with Crippen molar-refractivity contribution in [3.63, 3.8) is 0 Å². The van der Waals surface area contributed by atoms with Crippen LogP contribution in [0.1, 0.15) is 37.6 Å². The number of para-hydroxylation sites is 1. The molecule has 0 bridgehead atoms. The topological polar surface area (TPSA) is 105 Å². The first-order valence-electron chi connectivity index (χ1n) is 10.0.